The maximum Gasteiger partial charge on any atom is 0.316 e. The van der Waals surface area contributed by atoms with Gasteiger partial charge in [0, 0.05) is 33.6 Å². The molecule has 3 aromatic rings. The number of nitrogens with one attached hydrogen (secondary N) is 1. The van der Waals surface area contributed by atoms with Crippen molar-refractivity contribution >= 4 is 69.3 Å². The van der Waals surface area contributed by atoms with Crippen LogP contribution in [0.1, 0.15) is 111 Å². The van der Waals surface area contributed by atoms with Gasteiger partial charge in [0.1, 0.15) is 0 Å². The van der Waals surface area contributed by atoms with Crippen LogP contribution in [-0.2, 0) is 16.4 Å². The van der Waals surface area contributed by atoms with Crippen molar-refractivity contribution in [3.05, 3.63) is 46.4 Å². The minimum absolute atomic E-state index is 0. The lowest BCUT2D eigenvalue weighted by Crippen LogP contribution is -2.26. The fraction of sp³-hybridized carbons (Fsp3) is 0.500. The Morgan fingerprint density at radius 1 is 0.683 bits per heavy atom. The van der Waals surface area contributed by atoms with E-state index in [1.807, 2.05) is 22.8 Å². The number of aromatic amines is 1. The zero-order valence-corrected chi connectivity index (χ0v) is 26.0. The average molecular weight is 565 g/mol. The molecule has 0 unspecified atom stereocenters. The molecule has 41 heavy (non-hydrogen) atoms. The molecule has 214 valence electrons. The molecule has 2 aliphatic rings. The van der Waals surface area contributed by atoms with E-state index in [9.17, 15) is 0 Å². The predicted molar refractivity (Wildman–Crippen MR) is 174 cm³/mol. The fourth-order valence-electron chi connectivity index (χ4n) is 5.30. The molecule has 0 amide bonds. The maximum atomic E-state index is 5.13. The summed E-state index contributed by atoms with van der Waals surface area (Å²) in [5.41, 5.74) is 7.64. The van der Waals surface area contributed by atoms with E-state index in [-0.39, 0.29) is 44.8 Å². The van der Waals surface area contributed by atoms with Crippen molar-refractivity contribution in [3.8, 4) is 0 Å². The highest BCUT2D eigenvalue weighted by molar-refractivity contribution is 6.08. The summed E-state index contributed by atoms with van der Waals surface area (Å²) in [4.78, 5) is 23.7. The number of hydrogen-bond donors (Lipinski definition) is 1. The van der Waals surface area contributed by atoms with Gasteiger partial charge in [0.15, 0.2) is 5.65 Å². The minimum Gasteiger partial charge on any atom is -0.355 e. The Hall–Kier alpha value is -2.91. The van der Waals surface area contributed by atoms with Gasteiger partial charge < -0.3 is 4.98 Å². The van der Waals surface area contributed by atoms with Crippen LogP contribution < -0.4 is 0 Å². The molecule has 0 saturated heterocycles. The van der Waals surface area contributed by atoms with Gasteiger partial charge in [-0.05, 0) is 61.4 Å². The van der Waals surface area contributed by atoms with Crippen LogP contribution in [0.2, 0.25) is 0 Å². The molecule has 5 heterocycles. The SMILES string of the molecule is CC(C)(C)C1=Nc2nc1c(C(C)(C)C)c1[nH]c(cc3nc(cc4nnc(n2)n4C(C)(C)C)C=C3)cc1C(C)(C)C.[MgH2]. The first-order valence-corrected chi connectivity index (χ1v) is 14.0. The summed E-state index contributed by atoms with van der Waals surface area (Å²) in [5.74, 6) is 0.860. The van der Waals surface area contributed by atoms with Crippen molar-refractivity contribution in [1.29, 1.82) is 0 Å². The third kappa shape index (κ3) is 6.02. The summed E-state index contributed by atoms with van der Waals surface area (Å²) in [6.45, 7) is 26.3. The predicted octanol–water partition coefficient (Wildman–Crippen LogP) is 6.74. The summed E-state index contributed by atoms with van der Waals surface area (Å²) >= 11 is 0. The number of H-pyrrole nitrogens is 1. The largest absolute Gasteiger partial charge is 0.355 e. The van der Waals surface area contributed by atoms with Gasteiger partial charge in [0.2, 0.25) is 0 Å². The Bertz CT molecular complexity index is 1730. The van der Waals surface area contributed by atoms with Crippen LogP contribution in [0.15, 0.2) is 23.2 Å². The van der Waals surface area contributed by atoms with E-state index in [4.69, 9.17) is 19.9 Å². The smallest absolute Gasteiger partial charge is 0.316 e. The van der Waals surface area contributed by atoms with Gasteiger partial charge in [-0.2, -0.15) is 4.98 Å². The van der Waals surface area contributed by atoms with E-state index in [0.717, 1.165) is 39.4 Å². The molecule has 2 aliphatic heterocycles. The average Bonchev–Trinajstić information content (AvgIpc) is 3.53. The van der Waals surface area contributed by atoms with E-state index in [1.54, 1.807) is 0 Å². The molecule has 0 spiro atoms. The number of hydrogen-bond acceptors (Lipinski definition) is 6. The second-order valence-electron chi connectivity index (χ2n) is 14.9. The molecule has 8 nitrogen and oxygen atoms in total. The van der Waals surface area contributed by atoms with Gasteiger partial charge in [0.25, 0.3) is 11.7 Å². The molecule has 0 fully saturated rings. The lowest BCUT2D eigenvalue weighted by atomic mass is 9.77. The van der Waals surface area contributed by atoms with Crippen LogP contribution in [0.5, 0.6) is 0 Å². The normalized spacial score (nSPS) is 14.2. The monoisotopic (exact) mass is 564 g/mol. The van der Waals surface area contributed by atoms with Crippen LogP contribution in [-0.4, -0.2) is 63.5 Å². The maximum absolute atomic E-state index is 5.13. The molecule has 0 saturated carbocycles. The fourth-order valence-corrected chi connectivity index (χ4v) is 5.30. The van der Waals surface area contributed by atoms with E-state index < -0.39 is 0 Å². The van der Waals surface area contributed by atoms with Crippen LogP contribution in [0.4, 0.5) is 5.95 Å². The van der Waals surface area contributed by atoms with E-state index in [0.29, 0.717) is 17.4 Å². The quantitative estimate of drug-likeness (QED) is 0.238. The van der Waals surface area contributed by atoms with E-state index in [1.165, 1.54) is 5.56 Å². The molecular weight excluding hydrogens is 521 g/mol. The van der Waals surface area contributed by atoms with Crippen molar-refractivity contribution in [2.75, 3.05) is 0 Å². The molecule has 1 N–H and O–H groups in total. The Morgan fingerprint density at radius 3 is 1.88 bits per heavy atom. The second-order valence-corrected chi connectivity index (χ2v) is 14.9. The molecule has 5 rings (SSSR count). The molecule has 9 heteroatoms. The van der Waals surface area contributed by atoms with Gasteiger partial charge in [-0.3, -0.25) is 4.57 Å². The molecule has 3 aromatic heterocycles. The first-order valence-electron chi connectivity index (χ1n) is 14.0. The third-order valence-electron chi connectivity index (χ3n) is 7.05. The summed E-state index contributed by atoms with van der Waals surface area (Å²) in [6.07, 6.45) is 4.04. The van der Waals surface area contributed by atoms with Crippen LogP contribution in [0.3, 0.4) is 0 Å². The van der Waals surface area contributed by atoms with E-state index >= 15 is 0 Å². The molecule has 0 aliphatic carbocycles. The van der Waals surface area contributed by atoms with Crippen LogP contribution >= 0.6 is 0 Å². The van der Waals surface area contributed by atoms with Crippen molar-refractivity contribution in [1.82, 2.24) is 34.7 Å². The lowest BCUT2D eigenvalue weighted by Gasteiger charge is -2.27. The standard InChI is InChI=1S/C32H42N8.Mg.2H/c1-29(2,3)21-16-20-15-18-13-14-19(33-18)17-22-38-39-28(40(22)32(10,11)12)37-27-35-25(26(36-27)31(7,8)9)23(24(21)34-20)30(4,5)6;;;/h13-17,34H,1-12H3;;;. The Balaban J connectivity index is 0.00000387. The number of aromatic nitrogens is 7. The highest BCUT2D eigenvalue weighted by Crippen LogP contribution is 2.39. The molecule has 8 bridgehead atoms. The Labute approximate surface area is 259 Å². The molecular formula is C32H44MgN8. The second kappa shape index (κ2) is 10.1. The highest BCUT2D eigenvalue weighted by Gasteiger charge is 2.34. The molecule has 0 aromatic carbocycles. The topological polar surface area (TPSA) is 97.5 Å². The Kier molecular flexibility index (Phi) is 7.66. The first-order chi connectivity index (χ1) is 18.3. The summed E-state index contributed by atoms with van der Waals surface area (Å²) in [5, 5.41) is 8.96. The summed E-state index contributed by atoms with van der Waals surface area (Å²) < 4.78 is 2.02. The van der Waals surface area contributed by atoms with Crippen molar-refractivity contribution in [2.24, 2.45) is 10.4 Å². The zero-order valence-electron chi connectivity index (χ0n) is 26.0. The number of nitrogens with zero attached hydrogens (tertiary/aromatic N) is 7. The van der Waals surface area contributed by atoms with Gasteiger partial charge in [-0.25, -0.2) is 15.0 Å². The number of aliphatic imine (C=N–C) groups is 1. The minimum atomic E-state index is -0.327. The highest BCUT2D eigenvalue weighted by atomic mass is 24.3. The van der Waals surface area contributed by atoms with Crippen LogP contribution in [0.25, 0.3) is 34.6 Å². The van der Waals surface area contributed by atoms with Crippen molar-refractivity contribution in [3.63, 3.8) is 0 Å². The van der Waals surface area contributed by atoms with Gasteiger partial charge in [0.05, 0.1) is 22.8 Å². The summed E-state index contributed by atoms with van der Waals surface area (Å²) in [7, 11) is 0. The molecule has 0 radical (unpaired) electrons. The summed E-state index contributed by atoms with van der Waals surface area (Å²) in [6, 6.07) is 6.30. The van der Waals surface area contributed by atoms with Crippen molar-refractivity contribution < 1.29 is 0 Å². The van der Waals surface area contributed by atoms with Gasteiger partial charge in [-0.1, -0.05) is 62.3 Å². The number of fused-ring (bicyclic) bond motifs is 8. The van der Waals surface area contributed by atoms with E-state index in [2.05, 4.69) is 110 Å². The lowest BCUT2D eigenvalue weighted by molar-refractivity contribution is 0.418. The van der Waals surface area contributed by atoms with Gasteiger partial charge >= 0.3 is 23.1 Å². The zero-order chi connectivity index (χ0) is 29.4. The third-order valence-corrected chi connectivity index (χ3v) is 7.05. The molecule has 0 atom stereocenters. The van der Waals surface area contributed by atoms with Crippen LogP contribution in [0, 0.1) is 5.41 Å². The first kappa shape index (κ1) is 31.0. The Morgan fingerprint density at radius 2 is 1.32 bits per heavy atom. The number of rotatable bonds is 0. The van der Waals surface area contributed by atoms with Crippen molar-refractivity contribution in [2.45, 2.75) is 99.5 Å². The van der Waals surface area contributed by atoms with Gasteiger partial charge in [-0.15, -0.1) is 10.2 Å².